The van der Waals surface area contributed by atoms with Crippen molar-refractivity contribution in [2.45, 2.75) is 17.1 Å². The summed E-state index contributed by atoms with van der Waals surface area (Å²) in [6, 6.07) is 4.50. The SMILES string of the molecule is O=C(CCCl)Nc1ccc(S(=O)(=O)C(F)F)cc1. The average molecular weight is 298 g/mol. The van der Waals surface area contributed by atoms with Crippen LogP contribution >= 0.6 is 11.6 Å². The zero-order valence-electron chi connectivity index (χ0n) is 9.07. The van der Waals surface area contributed by atoms with Crippen molar-refractivity contribution < 1.29 is 22.0 Å². The molecule has 1 rings (SSSR count). The van der Waals surface area contributed by atoms with Gasteiger partial charge in [-0.25, -0.2) is 8.42 Å². The zero-order valence-corrected chi connectivity index (χ0v) is 10.6. The lowest BCUT2D eigenvalue weighted by Gasteiger charge is -2.06. The number of alkyl halides is 3. The molecule has 18 heavy (non-hydrogen) atoms. The maximum atomic E-state index is 12.2. The molecule has 8 heteroatoms. The number of nitrogens with one attached hydrogen (secondary N) is 1. The van der Waals surface area contributed by atoms with E-state index in [1.165, 1.54) is 12.1 Å². The highest BCUT2D eigenvalue weighted by Crippen LogP contribution is 2.20. The van der Waals surface area contributed by atoms with Crippen LogP contribution in [0.3, 0.4) is 0 Å². The van der Waals surface area contributed by atoms with E-state index < -0.39 is 20.5 Å². The van der Waals surface area contributed by atoms with Gasteiger partial charge in [0.1, 0.15) is 0 Å². The van der Waals surface area contributed by atoms with E-state index in [1.807, 2.05) is 0 Å². The first-order valence-corrected chi connectivity index (χ1v) is 6.94. The summed E-state index contributed by atoms with van der Waals surface area (Å²) in [6.45, 7) is 0. The Morgan fingerprint density at radius 3 is 2.28 bits per heavy atom. The molecule has 1 N–H and O–H groups in total. The van der Waals surface area contributed by atoms with Crippen molar-refractivity contribution in [1.82, 2.24) is 0 Å². The van der Waals surface area contributed by atoms with E-state index in [-0.39, 0.29) is 18.2 Å². The molecule has 0 aliphatic heterocycles. The number of anilines is 1. The monoisotopic (exact) mass is 297 g/mol. The molecule has 0 heterocycles. The lowest BCUT2D eigenvalue weighted by atomic mass is 10.3. The highest BCUT2D eigenvalue weighted by molar-refractivity contribution is 7.91. The van der Waals surface area contributed by atoms with Crippen LogP contribution in [-0.4, -0.2) is 26.0 Å². The number of carbonyl (C=O) groups is 1. The third kappa shape index (κ3) is 3.64. The second-order valence-electron chi connectivity index (χ2n) is 3.32. The van der Waals surface area contributed by atoms with Crippen LogP contribution in [0.2, 0.25) is 0 Å². The van der Waals surface area contributed by atoms with Gasteiger partial charge < -0.3 is 5.32 Å². The number of sulfone groups is 1. The van der Waals surface area contributed by atoms with Gasteiger partial charge in [-0.15, -0.1) is 11.6 Å². The molecule has 0 atom stereocenters. The van der Waals surface area contributed by atoms with E-state index in [0.29, 0.717) is 5.69 Å². The zero-order chi connectivity index (χ0) is 13.8. The van der Waals surface area contributed by atoms with Crippen LogP contribution in [0.1, 0.15) is 6.42 Å². The second-order valence-corrected chi connectivity index (χ2v) is 5.61. The van der Waals surface area contributed by atoms with Crippen LogP contribution in [-0.2, 0) is 14.6 Å². The van der Waals surface area contributed by atoms with Crippen molar-refractivity contribution >= 4 is 33.0 Å². The molecular formula is C10H10ClF2NO3S. The lowest BCUT2D eigenvalue weighted by Crippen LogP contribution is -2.13. The Morgan fingerprint density at radius 1 is 1.28 bits per heavy atom. The first-order valence-electron chi connectivity index (χ1n) is 4.86. The number of benzene rings is 1. The Bertz CT molecular complexity index is 516. The van der Waals surface area contributed by atoms with Crippen molar-refractivity contribution in [1.29, 1.82) is 0 Å². The van der Waals surface area contributed by atoms with Crippen LogP contribution in [0.4, 0.5) is 14.5 Å². The summed E-state index contributed by atoms with van der Waals surface area (Å²) in [4.78, 5) is 10.7. The van der Waals surface area contributed by atoms with Crippen molar-refractivity contribution in [2.24, 2.45) is 0 Å². The predicted molar refractivity (Wildman–Crippen MR) is 63.6 cm³/mol. The number of halogens is 3. The number of hydrogen-bond acceptors (Lipinski definition) is 3. The summed E-state index contributed by atoms with van der Waals surface area (Å²) in [5.41, 5.74) is 0.318. The molecule has 4 nitrogen and oxygen atoms in total. The van der Waals surface area contributed by atoms with Crippen LogP contribution in [0.25, 0.3) is 0 Å². The summed E-state index contributed by atoms with van der Waals surface area (Å²) in [5.74, 6) is -3.65. The van der Waals surface area contributed by atoms with Crippen LogP contribution < -0.4 is 5.32 Å². The van der Waals surface area contributed by atoms with Gasteiger partial charge in [0.2, 0.25) is 15.7 Å². The highest BCUT2D eigenvalue weighted by atomic mass is 35.5. The summed E-state index contributed by atoms with van der Waals surface area (Å²) < 4.78 is 46.7. The van der Waals surface area contributed by atoms with Gasteiger partial charge in [-0.3, -0.25) is 4.79 Å². The van der Waals surface area contributed by atoms with Crippen molar-refractivity contribution in [3.8, 4) is 0 Å². The molecule has 0 saturated carbocycles. The van der Waals surface area contributed by atoms with Gasteiger partial charge in [0.25, 0.3) is 0 Å². The number of rotatable bonds is 5. The van der Waals surface area contributed by atoms with Gasteiger partial charge in [0.05, 0.1) is 4.90 Å². The van der Waals surface area contributed by atoms with Crippen LogP contribution in [0.5, 0.6) is 0 Å². The molecule has 1 aromatic rings. The molecule has 1 aromatic carbocycles. The van der Waals surface area contributed by atoms with Gasteiger partial charge in [-0.2, -0.15) is 8.78 Å². The van der Waals surface area contributed by atoms with Crippen LogP contribution in [0.15, 0.2) is 29.2 Å². The Morgan fingerprint density at radius 2 is 1.83 bits per heavy atom. The molecule has 0 aliphatic rings. The fourth-order valence-corrected chi connectivity index (χ4v) is 2.03. The molecule has 100 valence electrons. The van der Waals surface area contributed by atoms with Gasteiger partial charge in [-0.05, 0) is 24.3 Å². The molecule has 0 fully saturated rings. The fourth-order valence-electron chi connectivity index (χ4n) is 1.14. The smallest absolute Gasteiger partial charge is 0.326 e. The van der Waals surface area contributed by atoms with Gasteiger partial charge in [0.15, 0.2) is 0 Å². The molecule has 1 amide bonds. The predicted octanol–water partition coefficient (Wildman–Crippen LogP) is 2.25. The summed E-state index contributed by atoms with van der Waals surface area (Å²) in [6.07, 6.45) is 0.110. The molecule has 0 bridgehead atoms. The van der Waals surface area contributed by atoms with Crippen molar-refractivity contribution in [3.05, 3.63) is 24.3 Å². The standard InChI is InChI=1S/C10H10ClF2NO3S/c11-6-5-9(15)14-7-1-3-8(4-2-7)18(16,17)10(12)13/h1-4,10H,5-6H2,(H,14,15). The lowest BCUT2D eigenvalue weighted by molar-refractivity contribution is -0.115. The molecule has 0 radical (unpaired) electrons. The molecule has 0 aliphatic carbocycles. The number of hydrogen-bond donors (Lipinski definition) is 1. The summed E-state index contributed by atoms with van der Waals surface area (Å²) in [5, 5.41) is 2.45. The summed E-state index contributed by atoms with van der Waals surface area (Å²) in [7, 11) is -4.60. The molecule has 0 unspecified atom stereocenters. The third-order valence-electron chi connectivity index (χ3n) is 2.02. The van der Waals surface area contributed by atoms with E-state index in [1.54, 1.807) is 0 Å². The highest BCUT2D eigenvalue weighted by Gasteiger charge is 2.26. The van der Waals surface area contributed by atoms with E-state index in [2.05, 4.69) is 5.32 Å². The topological polar surface area (TPSA) is 63.2 Å². The maximum Gasteiger partial charge on any atom is 0.341 e. The molecular weight excluding hydrogens is 288 g/mol. The third-order valence-corrected chi connectivity index (χ3v) is 3.61. The minimum absolute atomic E-state index is 0.110. The Kier molecular flexibility index (Phi) is 5.03. The minimum Gasteiger partial charge on any atom is -0.326 e. The Hall–Kier alpha value is -1.21. The van der Waals surface area contributed by atoms with Crippen LogP contribution in [0, 0.1) is 0 Å². The van der Waals surface area contributed by atoms with Crippen molar-refractivity contribution in [3.63, 3.8) is 0 Å². The van der Waals surface area contributed by atoms with E-state index in [9.17, 15) is 22.0 Å². The average Bonchev–Trinajstić information content (AvgIpc) is 2.29. The van der Waals surface area contributed by atoms with Gasteiger partial charge >= 0.3 is 5.76 Å². The first kappa shape index (κ1) is 14.8. The Balaban J connectivity index is 2.84. The van der Waals surface area contributed by atoms with Gasteiger partial charge in [-0.1, -0.05) is 0 Å². The number of amides is 1. The quantitative estimate of drug-likeness (QED) is 0.848. The molecule has 0 spiro atoms. The molecule has 0 saturated heterocycles. The van der Waals surface area contributed by atoms with E-state index >= 15 is 0 Å². The maximum absolute atomic E-state index is 12.2. The summed E-state index contributed by atoms with van der Waals surface area (Å²) >= 11 is 5.36. The Labute approximate surface area is 108 Å². The molecule has 0 aromatic heterocycles. The normalized spacial score (nSPS) is 11.6. The van der Waals surface area contributed by atoms with Gasteiger partial charge in [0, 0.05) is 18.0 Å². The van der Waals surface area contributed by atoms with E-state index in [4.69, 9.17) is 11.6 Å². The van der Waals surface area contributed by atoms with Crippen molar-refractivity contribution in [2.75, 3.05) is 11.2 Å². The van der Waals surface area contributed by atoms with E-state index in [0.717, 1.165) is 12.1 Å². The minimum atomic E-state index is -4.60. The number of carbonyl (C=O) groups excluding carboxylic acids is 1. The fraction of sp³-hybridized carbons (Fsp3) is 0.300. The largest absolute Gasteiger partial charge is 0.341 e. The first-order chi connectivity index (χ1) is 8.37. The second kappa shape index (κ2) is 6.10.